The van der Waals surface area contributed by atoms with E-state index in [1.807, 2.05) is 261 Å². The predicted octanol–water partition coefficient (Wildman–Crippen LogP) is 38.2. The lowest BCUT2D eigenvalue weighted by molar-refractivity contribution is 0.669. The van der Waals surface area contributed by atoms with Gasteiger partial charge in [0.1, 0.15) is 11.2 Å². The Bertz CT molecular complexity index is 9170. The van der Waals surface area contributed by atoms with Crippen molar-refractivity contribution in [2.45, 2.75) is 0 Å². The van der Waals surface area contributed by atoms with Crippen LogP contribution < -0.4 is 19.6 Å². The molecule has 0 bridgehead atoms. The molecular weight excluding hydrogens is 1690 g/mol. The van der Waals surface area contributed by atoms with Crippen molar-refractivity contribution in [3.63, 3.8) is 0 Å². The summed E-state index contributed by atoms with van der Waals surface area (Å²) in [5.74, 6) is 0. The lowest BCUT2D eigenvalue weighted by atomic mass is 9.98. The van der Waals surface area contributed by atoms with Gasteiger partial charge >= 0.3 is 0 Å². The van der Waals surface area contributed by atoms with Gasteiger partial charge in [0.05, 0.1) is 26.2 Å². The quantitative estimate of drug-likeness (QED) is 0.0674. The summed E-state index contributed by atoms with van der Waals surface area (Å²) in [6, 6.07) is 151. The number of nitrogens with zero attached hydrogens (tertiary/aromatic N) is 4. The molecular formula is C132H92N4OS. The molecule has 652 valence electrons. The molecule has 0 radical (unpaired) electrons. The van der Waals surface area contributed by atoms with Crippen molar-refractivity contribution >= 4 is 122 Å². The highest BCUT2D eigenvalue weighted by Crippen LogP contribution is 2.49. The number of anilines is 12. The summed E-state index contributed by atoms with van der Waals surface area (Å²) in [5.41, 5.74) is 24.3. The van der Waals surface area contributed by atoms with E-state index in [9.17, 15) is 12.3 Å². The number of para-hydroxylation sites is 2. The Balaban J connectivity index is 0.000000167. The zero-order chi connectivity index (χ0) is 105. The standard InChI is InChI=1S/C66H46N2O.C66H46N2S/c1-4-16-47(17-5-1)50-30-38-55(39-31-50)67(56-40-32-51(33-41-56)48-18-6-2-7-19-48)59-23-14-22-54(46-59)60-24-10-12-27-63(60)68(57-42-34-52(35-43-57)49-20-8-3-9-21-49)58-44-36-53(37-45-58)61-26-15-29-65-66(61)62-25-11-13-28-64(62)69-65;1-4-15-47(16-5-1)50-29-37-56(38-30-50)67(57-39-31-51(32-40-57)48-17-6-2-7-18-48)60-23-12-21-54(45-60)55-22-13-24-61(46-55)68(58-41-33-52(34-42-58)49-19-8-3-9-20-49)59-43-35-53(36-44-59)62-26-14-28-65-66(62)63-25-10-11-27-64(63)69-65/h2*1-46H/i11D,13D,15D,25D,26D,28D,29D;12D,13D,21D,22D,23D,24D,45D,46D. The van der Waals surface area contributed by atoms with Gasteiger partial charge < -0.3 is 24.0 Å². The normalized spacial score (nSPS) is 12.7. The second-order valence-corrected chi connectivity index (χ2v) is 34.5. The number of fused-ring (bicyclic) bond motifs is 6. The van der Waals surface area contributed by atoms with Crippen molar-refractivity contribution in [2.24, 2.45) is 0 Å². The number of rotatable bonds is 22. The van der Waals surface area contributed by atoms with E-state index in [-0.39, 0.29) is 92.3 Å². The lowest BCUT2D eigenvalue weighted by Crippen LogP contribution is -2.12. The van der Waals surface area contributed by atoms with Crippen LogP contribution in [-0.2, 0) is 0 Å². The topological polar surface area (TPSA) is 26.1 Å². The molecule has 0 fully saturated rings. The third-order valence-electron chi connectivity index (χ3n) is 25.1. The van der Waals surface area contributed by atoms with Crippen LogP contribution >= 0.6 is 11.3 Å². The Hall–Kier alpha value is -17.9. The van der Waals surface area contributed by atoms with Gasteiger partial charge in [0, 0.05) is 99.1 Å². The molecule has 0 spiro atoms. The van der Waals surface area contributed by atoms with Crippen molar-refractivity contribution in [2.75, 3.05) is 19.6 Å². The molecule has 0 saturated heterocycles. The lowest BCUT2D eigenvalue weighted by Gasteiger charge is -2.29. The van der Waals surface area contributed by atoms with Gasteiger partial charge in [0.25, 0.3) is 0 Å². The second-order valence-electron chi connectivity index (χ2n) is 33.5. The molecule has 0 atom stereocenters. The molecule has 0 aliphatic heterocycles. The summed E-state index contributed by atoms with van der Waals surface area (Å²) in [4.78, 5) is 7.93. The van der Waals surface area contributed by atoms with Crippen LogP contribution in [0.15, 0.2) is 562 Å². The summed E-state index contributed by atoms with van der Waals surface area (Å²) in [6.07, 6.45) is 0. The van der Waals surface area contributed by atoms with E-state index in [0.717, 1.165) is 129 Å². The maximum atomic E-state index is 10.2. The maximum absolute atomic E-state index is 10.2. The van der Waals surface area contributed by atoms with Gasteiger partial charge in [-0.25, -0.2) is 0 Å². The van der Waals surface area contributed by atoms with Crippen LogP contribution in [-0.4, -0.2) is 0 Å². The monoisotopic (exact) mass is 1800 g/mol. The van der Waals surface area contributed by atoms with Crippen LogP contribution in [0.25, 0.3) is 153 Å². The van der Waals surface area contributed by atoms with Crippen LogP contribution in [0.2, 0.25) is 0 Å². The molecule has 0 unspecified atom stereocenters. The molecule has 6 heteroatoms. The largest absolute Gasteiger partial charge is 0.456 e. The first-order valence-electron chi connectivity index (χ1n) is 53.3. The van der Waals surface area contributed by atoms with E-state index in [4.69, 9.17) is 12.6 Å². The fourth-order valence-corrected chi connectivity index (χ4v) is 19.4. The molecule has 0 aliphatic carbocycles. The first-order chi connectivity index (χ1) is 74.7. The SMILES string of the molecule is [2H]c1c([2H])c(-c2c([2H])c([2H])c([2H])c(N(c3ccc(-c4ccccc4)cc3)c3ccc(-c4cccc5sc6ccccc6c45)cc3)c2[2H])c([2H])c(N(c2ccc(-c3ccccc3)cc2)c2ccc(-c3ccccc3)cc2)c1[2H].[2H]c1c([2H])c([2H])c2c(oc3c([2H])c([2H])c([2H])c(-c4ccc(N(c5ccc(-c6ccccc6)cc5)c5ccccc5-c5cccc(N(c6ccc(-c7ccccc7)cc6)c6ccc(-c7ccccc7)cc6)c5)cc4)c32)c1[2H]. The molecule has 2 aromatic heterocycles. The number of hydrogen-bond acceptors (Lipinski definition) is 6. The van der Waals surface area contributed by atoms with Gasteiger partial charge in [-0.05, 0) is 269 Å². The Morgan fingerprint density at radius 2 is 0.486 bits per heavy atom. The van der Waals surface area contributed by atoms with Crippen LogP contribution in [0.4, 0.5) is 68.2 Å². The van der Waals surface area contributed by atoms with Gasteiger partial charge in [-0.2, -0.15) is 0 Å². The zero-order valence-electron chi connectivity index (χ0n) is 89.6. The van der Waals surface area contributed by atoms with Gasteiger partial charge in [0.15, 0.2) is 0 Å². The minimum absolute atomic E-state index is 0.0416. The van der Waals surface area contributed by atoms with Crippen LogP contribution in [0.1, 0.15) is 20.6 Å². The van der Waals surface area contributed by atoms with Crippen LogP contribution in [0, 0.1) is 0 Å². The molecule has 5 nitrogen and oxygen atoms in total. The highest BCUT2D eigenvalue weighted by Gasteiger charge is 2.25. The van der Waals surface area contributed by atoms with E-state index < -0.39 is 48.3 Å². The van der Waals surface area contributed by atoms with E-state index in [1.165, 1.54) is 14.8 Å². The minimum Gasteiger partial charge on any atom is -0.456 e. The Kier molecular flexibility index (Phi) is 19.2. The fourth-order valence-electron chi connectivity index (χ4n) is 18.3. The smallest absolute Gasteiger partial charge is 0.136 e. The van der Waals surface area contributed by atoms with Crippen LogP contribution in [0.5, 0.6) is 0 Å². The minimum atomic E-state index is -0.536. The number of hydrogen-bond donors (Lipinski definition) is 0. The molecule has 0 aliphatic rings. The number of furan rings is 1. The first-order valence-corrected chi connectivity index (χ1v) is 46.6. The molecule has 0 saturated carbocycles. The molecule has 22 aromatic carbocycles. The first kappa shape index (κ1) is 69.0. The molecule has 24 rings (SSSR count). The summed E-state index contributed by atoms with van der Waals surface area (Å²) in [7, 11) is 0. The van der Waals surface area contributed by atoms with Crippen LogP contribution in [0.3, 0.4) is 0 Å². The zero-order valence-corrected chi connectivity index (χ0v) is 75.4. The van der Waals surface area contributed by atoms with E-state index >= 15 is 0 Å². The van der Waals surface area contributed by atoms with Gasteiger partial charge in [-0.1, -0.05) is 394 Å². The fraction of sp³-hybridized carbons (Fsp3) is 0. The molecule has 0 N–H and O–H groups in total. The van der Waals surface area contributed by atoms with Gasteiger partial charge in [-0.3, -0.25) is 0 Å². The average molecular weight is 1800 g/mol. The Morgan fingerprint density at radius 3 is 0.913 bits per heavy atom. The molecule has 0 amide bonds. The maximum Gasteiger partial charge on any atom is 0.136 e. The predicted molar refractivity (Wildman–Crippen MR) is 586 cm³/mol. The molecule has 138 heavy (non-hydrogen) atoms. The summed E-state index contributed by atoms with van der Waals surface area (Å²) < 4.78 is 147. The highest BCUT2D eigenvalue weighted by molar-refractivity contribution is 7.26. The Labute approximate surface area is 830 Å². The van der Waals surface area contributed by atoms with Gasteiger partial charge in [0.2, 0.25) is 0 Å². The summed E-state index contributed by atoms with van der Waals surface area (Å²) in [5, 5.41) is 2.60. The highest BCUT2D eigenvalue weighted by atomic mass is 32.1. The van der Waals surface area contributed by atoms with Crippen molar-refractivity contribution in [3.05, 3.63) is 558 Å². The number of thiophene rings is 1. The second kappa shape index (κ2) is 38.3. The van der Waals surface area contributed by atoms with Crippen molar-refractivity contribution < 1.29 is 25.0 Å². The third kappa shape index (κ3) is 17.4. The van der Waals surface area contributed by atoms with Crippen molar-refractivity contribution in [3.8, 4) is 111 Å². The van der Waals surface area contributed by atoms with Crippen molar-refractivity contribution in [1.29, 1.82) is 0 Å². The van der Waals surface area contributed by atoms with E-state index in [2.05, 4.69) is 216 Å². The molecule has 2 heterocycles. The van der Waals surface area contributed by atoms with Crippen molar-refractivity contribution in [1.82, 2.24) is 0 Å². The summed E-state index contributed by atoms with van der Waals surface area (Å²) in [6.45, 7) is 0. The third-order valence-corrected chi connectivity index (χ3v) is 26.2. The van der Waals surface area contributed by atoms with Gasteiger partial charge in [-0.15, -0.1) is 11.3 Å². The van der Waals surface area contributed by atoms with E-state index in [1.54, 1.807) is 21.1 Å². The Morgan fingerprint density at radius 1 is 0.174 bits per heavy atom. The average Bonchev–Trinajstić information content (AvgIpc) is 1.57. The molecule has 24 aromatic rings. The summed E-state index contributed by atoms with van der Waals surface area (Å²) >= 11 is 1.75. The van der Waals surface area contributed by atoms with E-state index in [0.29, 0.717) is 28.3 Å². The number of benzene rings is 22.